The Morgan fingerprint density at radius 2 is 1.97 bits per heavy atom. The number of anilines is 1. The molecule has 2 fully saturated rings. The van der Waals surface area contributed by atoms with Gasteiger partial charge in [-0.05, 0) is 69.1 Å². The van der Waals surface area contributed by atoms with Gasteiger partial charge in [-0.3, -0.25) is 4.79 Å². The SMILES string of the molecule is CCc1cc(N2CCCCC2C)nc(SCc2ccc(C(=O)NCC3CC3)cc2)n1. The molecule has 160 valence electrons. The number of hydrogen-bond donors (Lipinski definition) is 1. The lowest BCUT2D eigenvalue weighted by molar-refractivity contribution is 0.0952. The Bertz CT molecular complexity index is 866. The first-order chi connectivity index (χ1) is 14.6. The third kappa shape index (κ3) is 5.54. The van der Waals surface area contributed by atoms with E-state index in [2.05, 4.69) is 30.1 Å². The minimum atomic E-state index is 0.0281. The summed E-state index contributed by atoms with van der Waals surface area (Å²) in [4.78, 5) is 24.3. The molecule has 1 unspecified atom stereocenters. The summed E-state index contributed by atoms with van der Waals surface area (Å²) in [7, 11) is 0. The van der Waals surface area contributed by atoms with Gasteiger partial charge in [0.15, 0.2) is 5.16 Å². The molecule has 4 rings (SSSR count). The monoisotopic (exact) mass is 424 g/mol. The fourth-order valence-electron chi connectivity index (χ4n) is 3.85. The van der Waals surface area contributed by atoms with E-state index >= 15 is 0 Å². The summed E-state index contributed by atoms with van der Waals surface area (Å²) in [5.41, 5.74) is 3.01. The highest BCUT2D eigenvalue weighted by Gasteiger charge is 2.22. The van der Waals surface area contributed by atoms with Crippen molar-refractivity contribution in [3.05, 3.63) is 47.2 Å². The Kier molecular flexibility index (Phi) is 6.93. The molecule has 30 heavy (non-hydrogen) atoms. The van der Waals surface area contributed by atoms with Gasteiger partial charge in [-0.15, -0.1) is 0 Å². The van der Waals surface area contributed by atoms with Crippen molar-refractivity contribution in [2.24, 2.45) is 5.92 Å². The zero-order valence-corrected chi connectivity index (χ0v) is 18.9. The standard InChI is InChI=1S/C24H32N4OS/c1-3-21-14-22(28-13-5-4-6-17(28)2)27-24(26-21)30-16-19-9-11-20(12-10-19)23(29)25-15-18-7-8-18/h9-12,14,17-18H,3-8,13,15-16H2,1-2H3,(H,25,29). The summed E-state index contributed by atoms with van der Waals surface area (Å²) >= 11 is 1.67. The molecule has 1 atom stereocenters. The van der Waals surface area contributed by atoms with Crippen LogP contribution in [0.4, 0.5) is 5.82 Å². The van der Waals surface area contributed by atoms with E-state index in [0.29, 0.717) is 12.0 Å². The Labute approximate surface area is 184 Å². The van der Waals surface area contributed by atoms with Crippen LogP contribution < -0.4 is 10.2 Å². The average Bonchev–Trinajstić information content (AvgIpc) is 3.61. The first-order valence-corrected chi connectivity index (χ1v) is 12.3. The van der Waals surface area contributed by atoms with Crippen LogP contribution in [0.25, 0.3) is 0 Å². The second-order valence-corrected chi connectivity index (χ2v) is 9.47. The number of carbonyl (C=O) groups excluding carboxylic acids is 1. The molecule has 2 aliphatic rings. The molecule has 1 aromatic heterocycles. The van der Waals surface area contributed by atoms with Crippen molar-refractivity contribution < 1.29 is 4.79 Å². The van der Waals surface area contributed by atoms with E-state index in [0.717, 1.165) is 47.5 Å². The zero-order chi connectivity index (χ0) is 20.9. The normalized spacial score (nSPS) is 19.0. The molecule has 2 heterocycles. The molecule has 1 aliphatic heterocycles. The molecule has 5 nitrogen and oxygen atoms in total. The Hall–Kier alpha value is -2.08. The van der Waals surface area contributed by atoms with Crippen molar-refractivity contribution in [3.8, 4) is 0 Å². The van der Waals surface area contributed by atoms with Crippen LogP contribution in [0.5, 0.6) is 0 Å². The van der Waals surface area contributed by atoms with Crippen molar-refractivity contribution in [2.45, 2.75) is 69.3 Å². The number of aromatic nitrogens is 2. The predicted octanol–water partition coefficient (Wildman–Crippen LogP) is 4.85. The number of piperidine rings is 1. The topological polar surface area (TPSA) is 58.1 Å². The molecule has 2 aromatic rings. The molecular weight excluding hydrogens is 392 g/mol. The number of nitrogens with zero attached hydrogens (tertiary/aromatic N) is 3. The molecule has 0 radical (unpaired) electrons. The number of hydrogen-bond acceptors (Lipinski definition) is 5. The molecule has 6 heteroatoms. The van der Waals surface area contributed by atoms with Crippen LogP contribution >= 0.6 is 11.8 Å². The van der Waals surface area contributed by atoms with Crippen LogP contribution in [-0.2, 0) is 12.2 Å². The Morgan fingerprint density at radius 1 is 1.17 bits per heavy atom. The highest BCUT2D eigenvalue weighted by atomic mass is 32.2. The van der Waals surface area contributed by atoms with Crippen molar-refractivity contribution in [3.63, 3.8) is 0 Å². The number of aryl methyl sites for hydroxylation is 1. The van der Waals surface area contributed by atoms with Crippen molar-refractivity contribution in [2.75, 3.05) is 18.0 Å². The number of thioether (sulfide) groups is 1. The third-order valence-corrected chi connectivity index (χ3v) is 6.96. The van der Waals surface area contributed by atoms with Crippen LogP contribution in [0.3, 0.4) is 0 Å². The van der Waals surface area contributed by atoms with E-state index in [1.165, 1.54) is 37.7 Å². The molecule has 1 aromatic carbocycles. The summed E-state index contributed by atoms with van der Waals surface area (Å²) in [5.74, 6) is 2.59. The minimum Gasteiger partial charge on any atom is -0.354 e. The highest BCUT2D eigenvalue weighted by molar-refractivity contribution is 7.98. The number of carbonyl (C=O) groups is 1. The van der Waals surface area contributed by atoms with Gasteiger partial charge in [-0.25, -0.2) is 9.97 Å². The molecule has 1 saturated heterocycles. The van der Waals surface area contributed by atoms with Crippen LogP contribution in [0, 0.1) is 5.92 Å². The Balaban J connectivity index is 1.38. The van der Waals surface area contributed by atoms with Crippen molar-refractivity contribution in [1.82, 2.24) is 15.3 Å². The summed E-state index contributed by atoms with van der Waals surface area (Å²) in [6, 6.07) is 10.6. The summed E-state index contributed by atoms with van der Waals surface area (Å²) in [6.45, 7) is 6.32. The first-order valence-electron chi connectivity index (χ1n) is 11.3. The number of rotatable bonds is 8. The van der Waals surface area contributed by atoms with E-state index in [-0.39, 0.29) is 5.91 Å². The third-order valence-electron chi connectivity index (χ3n) is 6.04. The average molecular weight is 425 g/mol. The number of nitrogens with one attached hydrogen (secondary N) is 1. The van der Waals surface area contributed by atoms with Gasteiger partial charge < -0.3 is 10.2 Å². The smallest absolute Gasteiger partial charge is 0.251 e. The second-order valence-electron chi connectivity index (χ2n) is 8.53. The number of amides is 1. The van der Waals surface area contributed by atoms with Gasteiger partial charge in [0.05, 0.1) is 0 Å². The largest absolute Gasteiger partial charge is 0.354 e. The highest BCUT2D eigenvalue weighted by Crippen LogP contribution is 2.28. The lowest BCUT2D eigenvalue weighted by Gasteiger charge is -2.34. The van der Waals surface area contributed by atoms with Crippen LogP contribution in [-0.4, -0.2) is 35.0 Å². The maximum atomic E-state index is 12.2. The fraction of sp³-hybridized carbons (Fsp3) is 0.542. The van der Waals surface area contributed by atoms with Gasteiger partial charge >= 0.3 is 0 Å². The van der Waals surface area contributed by atoms with Crippen molar-refractivity contribution in [1.29, 1.82) is 0 Å². The molecule has 0 spiro atoms. The molecule has 1 saturated carbocycles. The second kappa shape index (κ2) is 9.82. The van der Waals surface area contributed by atoms with Gasteiger partial charge in [0.1, 0.15) is 5.82 Å². The first kappa shape index (κ1) is 21.2. The predicted molar refractivity (Wildman–Crippen MR) is 123 cm³/mol. The maximum absolute atomic E-state index is 12.2. The quantitative estimate of drug-likeness (QED) is 0.485. The van der Waals surface area contributed by atoms with Gasteiger partial charge in [0.25, 0.3) is 5.91 Å². The van der Waals surface area contributed by atoms with Crippen LogP contribution in [0.15, 0.2) is 35.5 Å². The molecule has 0 bridgehead atoms. The molecule has 1 aliphatic carbocycles. The van der Waals surface area contributed by atoms with E-state index < -0.39 is 0 Å². The maximum Gasteiger partial charge on any atom is 0.251 e. The van der Waals surface area contributed by atoms with E-state index in [4.69, 9.17) is 9.97 Å². The molecule has 1 amide bonds. The lowest BCUT2D eigenvalue weighted by Crippen LogP contribution is -2.38. The van der Waals surface area contributed by atoms with Gasteiger partial charge in [0, 0.05) is 42.2 Å². The summed E-state index contributed by atoms with van der Waals surface area (Å²) in [6.07, 6.45) is 7.18. The molecule has 1 N–H and O–H groups in total. The van der Waals surface area contributed by atoms with Crippen LogP contribution in [0.1, 0.15) is 67.6 Å². The number of benzene rings is 1. The fourth-order valence-corrected chi connectivity index (χ4v) is 4.68. The van der Waals surface area contributed by atoms with Gasteiger partial charge in [-0.2, -0.15) is 0 Å². The summed E-state index contributed by atoms with van der Waals surface area (Å²) < 4.78 is 0. The lowest BCUT2D eigenvalue weighted by atomic mass is 10.0. The van der Waals surface area contributed by atoms with Gasteiger partial charge in [-0.1, -0.05) is 30.8 Å². The summed E-state index contributed by atoms with van der Waals surface area (Å²) in [5, 5.41) is 3.86. The molecular formula is C24H32N4OS. The minimum absolute atomic E-state index is 0.0281. The van der Waals surface area contributed by atoms with Crippen molar-refractivity contribution >= 4 is 23.5 Å². The van der Waals surface area contributed by atoms with E-state index in [1.807, 2.05) is 24.3 Å². The van der Waals surface area contributed by atoms with E-state index in [1.54, 1.807) is 11.8 Å². The van der Waals surface area contributed by atoms with Gasteiger partial charge in [0.2, 0.25) is 0 Å². The Morgan fingerprint density at radius 3 is 2.67 bits per heavy atom. The van der Waals surface area contributed by atoms with Crippen LogP contribution in [0.2, 0.25) is 0 Å². The zero-order valence-electron chi connectivity index (χ0n) is 18.1. The van der Waals surface area contributed by atoms with E-state index in [9.17, 15) is 4.79 Å².